The summed E-state index contributed by atoms with van der Waals surface area (Å²) in [7, 11) is 0. The minimum atomic E-state index is -0.0958. The minimum Gasteiger partial charge on any atom is -0.370 e. The Hall–Kier alpha value is -2.11. The molecule has 0 spiro atoms. The van der Waals surface area contributed by atoms with Gasteiger partial charge in [0.05, 0.1) is 6.54 Å². The summed E-state index contributed by atoms with van der Waals surface area (Å²) in [6.07, 6.45) is 5.62. The smallest absolute Gasteiger partial charge is 0.227 e. The third-order valence-corrected chi connectivity index (χ3v) is 3.47. The molecule has 0 atom stereocenters. The van der Waals surface area contributed by atoms with Crippen LogP contribution in [0.1, 0.15) is 31.2 Å². The Morgan fingerprint density at radius 1 is 1.38 bits per heavy atom. The molecule has 0 bridgehead atoms. The summed E-state index contributed by atoms with van der Waals surface area (Å²) in [5.41, 5.74) is 7.00. The van der Waals surface area contributed by atoms with E-state index in [9.17, 15) is 4.79 Å². The van der Waals surface area contributed by atoms with E-state index in [1.807, 2.05) is 13.0 Å². The number of carbonyl (C=O) groups excluding carboxylic acids is 1. The van der Waals surface area contributed by atoms with Gasteiger partial charge in [0.25, 0.3) is 0 Å². The zero-order valence-corrected chi connectivity index (χ0v) is 12.5. The van der Waals surface area contributed by atoms with E-state index in [-0.39, 0.29) is 5.91 Å². The van der Waals surface area contributed by atoms with E-state index in [0.29, 0.717) is 24.7 Å². The van der Waals surface area contributed by atoms with Crippen LogP contribution in [0.15, 0.2) is 23.3 Å². The van der Waals surface area contributed by atoms with Gasteiger partial charge in [0.2, 0.25) is 5.91 Å². The predicted molar refractivity (Wildman–Crippen MR) is 84.1 cm³/mol. The molecule has 0 unspecified atom stereocenters. The summed E-state index contributed by atoms with van der Waals surface area (Å²) < 4.78 is 0. The summed E-state index contributed by atoms with van der Waals surface area (Å²) >= 11 is 0. The fourth-order valence-electron chi connectivity index (χ4n) is 2.24. The van der Waals surface area contributed by atoms with E-state index >= 15 is 0 Å². The highest BCUT2D eigenvalue weighted by Crippen LogP contribution is 2.08. The molecule has 1 aliphatic heterocycles. The molecule has 0 radical (unpaired) electrons. The van der Waals surface area contributed by atoms with Crippen molar-refractivity contribution < 1.29 is 4.79 Å². The number of rotatable bonds is 4. The van der Waals surface area contributed by atoms with Crippen molar-refractivity contribution in [3.63, 3.8) is 0 Å². The van der Waals surface area contributed by atoms with Crippen LogP contribution in [0.25, 0.3) is 0 Å². The minimum absolute atomic E-state index is 0.0958. The first-order valence-corrected chi connectivity index (χ1v) is 7.42. The zero-order chi connectivity index (χ0) is 15.1. The van der Waals surface area contributed by atoms with Gasteiger partial charge < -0.3 is 16.0 Å². The largest absolute Gasteiger partial charge is 0.370 e. The van der Waals surface area contributed by atoms with Crippen molar-refractivity contribution >= 4 is 17.7 Å². The Kier molecular flexibility index (Phi) is 5.54. The Balaban J connectivity index is 1.74. The molecule has 6 heteroatoms. The van der Waals surface area contributed by atoms with Gasteiger partial charge in [0, 0.05) is 25.7 Å². The van der Waals surface area contributed by atoms with Crippen molar-refractivity contribution in [1.29, 1.82) is 0 Å². The number of aromatic nitrogens is 1. The maximum atomic E-state index is 11.8. The number of amides is 1. The average molecular weight is 289 g/mol. The van der Waals surface area contributed by atoms with E-state index < -0.39 is 0 Å². The van der Waals surface area contributed by atoms with Crippen molar-refractivity contribution in [3.8, 4) is 0 Å². The number of aryl methyl sites for hydroxylation is 1. The first-order valence-electron chi connectivity index (χ1n) is 7.42. The van der Waals surface area contributed by atoms with Crippen molar-refractivity contribution in [2.45, 2.75) is 32.6 Å². The van der Waals surface area contributed by atoms with Crippen LogP contribution in [0.4, 0.5) is 5.82 Å². The van der Waals surface area contributed by atoms with Gasteiger partial charge in [-0.25, -0.2) is 4.98 Å². The lowest BCUT2D eigenvalue weighted by molar-refractivity contribution is -0.116. The molecule has 1 saturated heterocycles. The summed E-state index contributed by atoms with van der Waals surface area (Å²) in [6, 6.07) is 3.70. The molecular weight excluding hydrogens is 266 g/mol. The lowest BCUT2D eigenvalue weighted by Gasteiger charge is -2.27. The number of hydrogen-bond acceptors (Lipinski definition) is 3. The highest BCUT2D eigenvalue weighted by molar-refractivity contribution is 5.90. The molecule has 1 aromatic rings. The van der Waals surface area contributed by atoms with Crippen LogP contribution in [-0.2, 0) is 4.79 Å². The normalized spacial score (nSPS) is 15.9. The maximum Gasteiger partial charge on any atom is 0.227 e. The molecule has 2 rings (SSSR count). The van der Waals surface area contributed by atoms with Gasteiger partial charge in [-0.15, -0.1) is 0 Å². The van der Waals surface area contributed by atoms with Gasteiger partial charge in [-0.3, -0.25) is 9.79 Å². The molecule has 3 N–H and O–H groups in total. The summed E-state index contributed by atoms with van der Waals surface area (Å²) in [5.74, 6) is 1.02. The Labute approximate surface area is 125 Å². The van der Waals surface area contributed by atoms with Crippen LogP contribution in [0.5, 0.6) is 0 Å². The summed E-state index contributed by atoms with van der Waals surface area (Å²) in [6.45, 7) is 4.29. The molecule has 114 valence electrons. The number of nitrogens with one attached hydrogen (secondary N) is 1. The van der Waals surface area contributed by atoms with Gasteiger partial charge in [-0.05, 0) is 37.8 Å². The molecular formula is C15H23N5O. The highest BCUT2D eigenvalue weighted by atomic mass is 16.1. The SMILES string of the molecule is Cc1ccc(NC(=O)CCN=C(N)N2CCCCC2)nc1. The van der Waals surface area contributed by atoms with Crippen molar-refractivity contribution in [2.24, 2.45) is 10.7 Å². The van der Waals surface area contributed by atoms with Crippen molar-refractivity contribution in [3.05, 3.63) is 23.9 Å². The molecule has 0 aliphatic carbocycles. The van der Waals surface area contributed by atoms with Crippen LogP contribution in [0, 0.1) is 6.92 Å². The van der Waals surface area contributed by atoms with Gasteiger partial charge in [0.15, 0.2) is 5.96 Å². The molecule has 0 aromatic carbocycles. The highest BCUT2D eigenvalue weighted by Gasteiger charge is 2.11. The number of nitrogens with zero attached hydrogens (tertiary/aromatic N) is 3. The average Bonchev–Trinajstić information content (AvgIpc) is 2.50. The number of carbonyl (C=O) groups is 1. The lowest BCUT2D eigenvalue weighted by atomic mass is 10.1. The number of likely N-dealkylation sites (tertiary alicyclic amines) is 1. The number of nitrogens with two attached hydrogens (primary N) is 1. The maximum absolute atomic E-state index is 11.8. The van der Waals surface area contributed by atoms with E-state index in [2.05, 4.69) is 20.2 Å². The second kappa shape index (κ2) is 7.61. The first-order chi connectivity index (χ1) is 10.1. The Morgan fingerprint density at radius 2 is 2.14 bits per heavy atom. The summed E-state index contributed by atoms with van der Waals surface area (Å²) in [5, 5.41) is 2.75. The number of piperidine rings is 1. The molecule has 1 aromatic heterocycles. The lowest BCUT2D eigenvalue weighted by Crippen LogP contribution is -2.41. The Morgan fingerprint density at radius 3 is 2.81 bits per heavy atom. The van der Waals surface area contributed by atoms with Crippen LogP contribution in [0.2, 0.25) is 0 Å². The second-order valence-corrected chi connectivity index (χ2v) is 5.31. The van der Waals surface area contributed by atoms with Gasteiger partial charge in [0.1, 0.15) is 5.82 Å². The van der Waals surface area contributed by atoms with Gasteiger partial charge in [-0.1, -0.05) is 6.07 Å². The standard InChI is InChI=1S/C15H23N5O/c1-12-5-6-13(18-11-12)19-14(21)7-8-17-15(16)20-9-3-2-4-10-20/h5-6,11H,2-4,7-10H2,1H3,(H2,16,17)(H,18,19,21). The van der Waals surface area contributed by atoms with Crippen LogP contribution >= 0.6 is 0 Å². The molecule has 1 aliphatic rings. The van der Waals surface area contributed by atoms with E-state index in [1.165, 1.54) is 6.42 Å². The topological polar surface area (TPSA) is 83.6 Å². The molecule has 21 heavy (non-hydrogen) atoms. The first kappa shape index (κ1) is 15.3. The zero-order valence-electron chi connectivity index (χ0n) is 12.5. The monoisotopic (exact) mass is 289 g/mol. The van der Waals surface area contributed by atoms with E-state index in [0.717, 1.165) is 31.5 Å². The van der Waals surface area contributed by atoms with Crippen LogP contribution in [-0.4, -0.2) is 41.4 Å². The fourth-order valence-corrected chi connectivity index (χ4v) is 2.24. The predicted octanol–water partition coefficient (Wildman–Crippen LogP) is 1.52. The van der Waals surface area contributed by atoms with E-state index in [4.69, 9.17) is 5.73 Å². The number of hydrogen-bond donors (Lipinski definition) is 2. The molecule has 0 saturated carbocycles. The number of aliphatic imine (C=N–C) groups is 1. The van der Waals surface area contributed by atoms with Crippen LogP contribution < -0.4 is 11.1 Å². The fraction of sp³-hybridized carbons (Fsp3) is 0.533. The number of anilines is 1. The van der Waals surface area contributed by atoms with Crippen molar-refractivity contribution in [1.82, 2.24) is 9.88 Å². The quantitative estimate of drug-likeness (QED) is 0.650. The van der Waals surface area contributed by atoms with E-state index in [1.54, 1.807) is 12.3 Å². The molecule has 1 fully saturated rings. The Bertz CT molecular complexity index is 491. The molecule has 1 amide bonds. The third kappa shape index (κ3) is 5.06. The molecule has 2 heterocycles. The van der Waals surface area contributed by atoms with Gasteiger partial charge in [-0.2, -0.15) is 0 Å². The second-order valence-electron chi connectivity index (χ2n) is 5.31. The third-order valence-electron chi connectivity index (χ3n) is 3.47. The summed E-state index contributed by atoms with van der Waals surface area (Å²) in [4.78, 5) is 22.3. The molecule has 6 nitrogen and oxygen atoms in total. The number of pyridine rings is 1. The van der Waals surface area contributed by atoms with Crippen LogP contribution in [0.3, 0.4) is 0 Å². The van der Waals surface area contributed by atoms with Crippen molar-refractivity contribution in [2.75, 3.05) is 25.0 Å². The number of guanidine groups is 1. The van der Waals surface area contributed by atoms with Gasteiger partial charge >= 0.3 is 0 Å².